The van der Waals surface area contributed by atoms with Gasteiger partial charge in [0, 0.05) is 19.6 Å². The molecule has 1 fully saturated rings. The van der Waals surface area contributed by atoms with E-state index in [0.717, 1.165) is 5.56 Å². The van der Waals surface area contributed by atoms with E-state index < -0.39 is 0 Å². The second-order valence-electron chi connectivity index (χ2n) is 5.86. The molecule has 1 unspecified atom stereocenters. The molecule has 124 valence electrons. The Morgan fingerprint density at radius 1 is 1.43 bits per heavy atom. The van der Waals surface area contributed by atoms with Crippen molar-refractivity contribution in [1.82, 2.24) is 10.2 Å². The van der Waals surface area contributed by atoms with E-state index in [1.54, 1.807) is 0 Å². The van der Waals surface area contributed by atoms with Gasteiger partial charge in [0.25, 0.3) is 0 Å². The van der Waals surface area contributed by atoms with Gasteiger partial charge in [0.2, 0.25) is 11.8 Å². The Morgan fingerprint density at radius 3 is 2.78 bits per heavy atom. The maximum atomic E-state index is 12.7. The van der Waals surface area contributed by atoms with Crippen LogP contribution < -0.4 is 5.32 Å². The number of rotatable bonds is 5. The first kappa shape index (κ1) is 17.2. The molecule has 1 saturated heterocycles. The fourth-order valence-corrected chi connectivity index (χ4v) is 2.60. The second-order valence-corrected chi connectivity index (χ2v) is 5.86. The molecule has 0 aliphatic carbocycles. The van der Waals surface area contributed by atoms with Crippen LogP contribution in [-0.2, 0) is 14.3 Å². The zero-order chi connectivity index (χ0) is 16.8. The van der Waals surface area contributed by atoms with E-state index in [9.17, 15) is 9.59 Å². The van der Waals surface area contributed by atoms with Crippen molar-refractivity contribution in [3.8, 4) is 0 Å². The number of hydrogen-bond donors (Lipinski definition) is 1. The maximum Gasteiger partial charge on any atom is 0.243 e. The number of ether oxygens (including phenoxy) is 1. The molecule has 2 rings (SSSR count). The van der Waals surface area contributed by atoms with Crippen LogP contribution >= 0.6 is 0 Å². The normalized spacial score (nSPS) is 19.0. The number of carbonyl (C=O) groups is 2. The van der Waals surface area contributed by atoms with E-state index in [1.165, 1.54) is 11.6 Å². The van der Waals surface area contributed by atoms with Crippen LogP contribution in [-0.4, -0.2) is 49.1 Å². The van der Waals surface area contributed by atoms with Gasteiger partial charge in [-0.1, -0.05) is 36.4 Å². The molecule has 1 aromatic carbocycles. The standard InChI is InChI=1S/C18H24N2O3/c1-4-17(21)19-11-16-12-20(9-10-23-16)18(22)14(3)15-7-5-13(2)6-8-15/h4-8,14,16H,1,9-12H2,2-3H3,(H,19,21)/t14?,16-/m0/s1. The Kier molecular flexibility index (Phi) is 5.93. The van der Waals surface area contributed by atoms with Gasteiger partial charge in [-0.3, -0.25) is 9.59 Å². The number of morpholine rings is 1. The summed E-state index contributed by atoms with van der Waals surface area (Å²) >= 11 is 0. The summed E-state index contributed by atoms with van der Waals surface area (Å²) in [4.78, 5) is 25.7. The van der Waals surface area contributed by atoms with Crippen LogP contribution in [0.25, 0.3) is 0 Å². The summed E-state index contributed by atoms with van der Waals surface area (Å²) in [6.07, 6.45) is 1.05. The highest BCUT2D eigenvalue weighted by Crippen LogP contribution is 2.20. The van der Waals surface area contributed by atoms with Crippen molar-refractivity contribution in [2.24, 2.45) is 0 Å². The van der Waals surface area contributed by atoms with Gasteiger partial charge in [0.1, 0.15) is 0 Å². The molecule has 0 aromatic heterocycles. The lowest BCUT2D eigenvalue weighted by atomic mass is 9.98. The Labute approximate surface area is 137 Å². The summed E-state index contributed by atoms with van der Waals surface area (Å²) in [5.41, 5.74) is 2.20. The third-order valence-electron chi connectivity index (χ3n) is 4.09. The van der Waals surface area contributed by atoms with E-state index in [4.69, 9.17) is 4.74 Å². The van der Waals surface area contributed by atoms with Crippen molar-refractivity contribution >= 4 is 11.8 Å². The van der Waals surface area contributed by atoms with E-state index in [-0.39, 0.29) is 23.8 Å². The van der Waals surface area contributed by atoms with Gasteiger partial charge >= 0.3 is 0 Å². The zero-order valence-electron chi connectivity index (χ0n) is 13.7. The topological polar surface area (TPSA) is 58.6 Å². The summed E-state index contributed by atoms with van der Waals surface area (Å²) in [5.74, 6) is -0.320. The zero-order valence-corrected chi connectivity index (χ0v) is 13.7. The highest BCUT2D eigenvalue weighted by atomic mass is 16.5. The molecule has 1 aromatic rings. The minimum absolute atomic E-state index is 0.0946. The SMILES string of the molecule is C=CC(=O)NC[C@H]1CN(C(=O)C(C)c2ccc(C)cc2)CCO1. The van der Waals surface area contributed by atoms with E-state index in [1.807, 2.05) is 43.0 Å². The van der Waals surface area contributed by atoms with Gasteiger partial charge in [-0.05, 0) is 25.5 Å². The minimum Gasteiger partial charge on any atom is -0.373 e. The fourth-order valence-electron chi connectivity index (χ4n) is 2.60. The predicted molar refractivity (Wildman–Crippen MR) is 89.1 cm³/mol. The van der Waals surface area contributed by atoms with E-state index >= 15 is 0 Å². The number of carbonyl (C=O) groups excluding carboxylic acids is 2. The molecule has 0 spiro atoms. The van der Waals surface area contributed by atoms with E-state index in [0.29, 0.717) is 26.2 Å². The lowest BCUT2D eigenvalue weighted by Crippen LogP contribution is -2.50. The predicted octanol–water partition coefficient (Wildman–Crippen LogP) is 1.63. The van der Waals surface area contributed by atoms with Crippen molar-refractivity contribution in [3.63, 3.8) is 0 Å². The van der Waals surface area contributed by atoms with Gasteiger partial charge in [-0.15, -0.1) is 0 Å². The smallest absolute Gasteiger partial charge is 0.243 e. The number of amides is 2. The average molecular weight is 316 g/mol. The first-order chi connectivity index (χ1) is 11.0. The maximum absolute atomic E-state index is 12.7. The molecule has 5 heteroatoms. The summed E-state index contributed by atoms with van der Waals surface area (Å²) in [6.45, 7) is 9.32. The Morgan fingerprint density at radius 2 is 2.13 bits per heavy atom. The molecule has 0 radical (unpaired) electrons. The van der Waals surface area contributed by atoms with Crippen molar-refractivity contribution in [2.45, 2.75) is 25.9 Å². The first-order valence-corrected chi connectivity index (χ1v) is 7.88. The molecule has 2 amide bonds. The van der Waals surface area contributed by atoms with Crippen LogP contribution in [0.2, 0.25) is 0 Å². The first-order valence-electron chi connectivity index (χ1n) is 7.88. The van der Waals surface area contributed by atoms with Crippen molar-refractivity contribution < 1.29 is 14.3 Å². The number of hydrogen-bond acceptors (Lipinski definition) is 3. The molecule has 23 heavy (non-hydrogen) atoms. The monoisotopic (exact) mass is 316 g/mol. The summed E-state index contributed by atoms with van der Waals surface area (Å²) in [5, 5.41) is 2.71. The number of aryl methyl sites for hydroxylation is 1. The molecule has 1 N–H and O–H groups in total. The van der Waals surface area contributed by atoms with Gasteiger partial charge in [-0.25, -0.2) is 0 Å². The van der Waals surface area contributed by atoms with Gasteiger partial charge in [0.15, 0.2) is 0 Å². The molecule has 5 nitrogen and oxygen atoms in total. The molecule has 1 aliphatic rings. The largest absolute Gasteiger partial charge is 0.373 e. The molecule has 2 atom stereocenters. The van der Waals surface area contributed by atoms with Crippen LogP contribution in [0.1, 0.15) is 24.0 Å². The van der Waals surface area contributed by atoms with Gasteiger partial charge < -0.3 is 15.0 Å². The van der Waals surface area contributed by atoms with Crippen molar-refractivity contribution in [2.75, 3.05) is 26.2 Å². The summed E-state index contributed by atoms with van der Waals surface area (Å²) < 4.78 is 5.61. The van der Waals surface area contributed by atoms with Crippen LogP contribution in [0.15, 0.2) is 36.9 Å². The molecule has 1 heterocycles. The number of nitrogens with zero attached hydrogens (tertiary/aromatic N) is 1. The van der Waals surface area contributed by atoms with Gasteiger partial charge in [0.05, 0.1) is 18.6 Å². The van der Waals surface area contributed by atoms with Crippen LogP contribution in [0.4, 0.5) is 0 Å². The van der Waals surface area contributed by atoms with Crippen LogP contribution in [0, 0.1) is 6.92 Å². The second kappa shape index (κ2) is 7.92. The van der Waals surface area contributed by atoms with Crippen LogP contribution in [0.5, 0.6) is 0 Å². The molecular formula is C18H24N2O3. The summed E-state index contributed by atoms with van der Waals surface area (Å²) in [6, 6.07) is 8.04. The highest BCUT2D eigenvalue weighted by molar-refractivity contribution is 5.86. The lowest BCUT2D eigenvalue weighted by Gasteiger charge is -2.34. The Hall–Kier alpha value is -2.14. The molecule has 0 saturated carbocycles. The average Bonchev–Trinajstić information content (AvgIpc) is 2.59. The number of nitrogens with one attached hydrogen (secondary N) is 1. The van der Waals surface area contributed by atoms with Crippen molar-refractivity contribution in [1.29, 1.82) is 0 Å². The Bertz CT molecular complexity index is 568. The highest BCUT2D eigenvalue weighted by Gasteiger charge is 2.28. The summed E-state index contributed by atoms with van der Waals surface area (Å²) in [7, 11) is 0. The lowest BCUT2D eigenvalue weighted by molar-refractivity contribution is -0.140. The minimum atomic E-state index is -0.231. The van der Waals surface area contributed by atoms with Crippen molar-refractivity contribution in [3.05, 3.63) is 48.0 Å². The third kappa shape index (κ3) is 4.66. The fraction of sp³-hybridized carbons (Fsp3) is 0.444. The third-order valence-corrected chi connectivity index (χ3v) is 4.09. The van der Waals surface area contributed by atoms with Crippen LogP contribution in [0.3, 0.4) is 0 Å². The number of benzene rings is 1. The molecule has 1 aliphatic heterocycles. The van der Waals surface area contributed by atoms with E-state index in [2.05, 4.69) is 11.9 Å². The molecular weight excluding hydrogens is 292 g/mol. The Balaban J connectivity index is 1.94. The van der Waals surface area contributed by atoms with Gasteiger partial charge in [-0.2, -0.15) is 0 Å². The molecule has 0 bridgehead atoms. The quantitative estimate of drug-likeness (QED) is 0.840.